The van der Waals surface area contributed by atoms with Crippen molar-refractivity contribution < 1.29 is 0 Å². The van der Waals surface area contributed by atoms with Gasteiger partial charge in [0.05, 0.1) is 11.6 Å². The van der Waals surface area contributed by atoms with Gasteiger partial charge in [0.2, 0.25) is 0 Å². The van der Waals surface area contributed by atoms with Crippen LogP contribution in [0.5, 0.6) is 0 Å². The van der Waals surface area contributed by atoms with Gasteiger partial charge >= 0.3 is 0 Å². The monoisotopic (exact) mass is 560 g/mol. The van der Waals surface area contributed by atoms with Gasteiger partial charge in [-0.1, -0.05) is 98.8 Å². The molecule has 4 heteroatoms. The van der Waals surface area contributed by atoms with E-state index in [1.165, 1.54) is 37.7 Å². The first-order chi connectivity index (χ1) is 21.0. The molecule has 7 rings (SSSR count). The molecule has 2 fully saturated rings. The summed E-state index contributed by atoms with van der Waals surface area (Å²) in [6, 6.07) is 37.4. The number of hydrogen-bond donors (Lipinski definition) is 0. The second kappa shape index (κ2) is 11.2. The van der Waals surface area contributed by atoms with Crippen molar-refractivity contribution in [2.75, 3.05) is 0 Å². The summed E-state index contributed by atoms with van der Waals surface area (Å²) >= 11 is 0. The van der Waals surface area contributed by atoms with Crippen LogP contribution in [0.15, 0.2) is 103 Å². The number of hydrogen-bond acceptors (Lipinski definition) is 4. The van der Waals surface area contributed by atoms with Crippen LogP contribution in [0.2, 0.25) is 0 Å². The van der Waals surface area contributed by atoms with E-state index in [0.717, 1.165) is 45.6 Å². The van der Waals surface area contributed by atoms with Crippen molar-refractivity contribution in [1.82, 2.24) is 15.0 Å². The van der Waals surface area contributed by atoms with Crippen molar-refractivity contribution in [3.63, 3.8) is 0 Å². The van der Waals surface area contributed by atoms with Crippen LogP contribution in [-0.4, -0.2) is 15.0 Å². The molecule has 2 aliphatic rings. The van der Waals surface area contributed by atoms with Crippen molar-refractivity contribution in [2.24, 2.45) is 17.8 Å². The van der Waals surface area contributed by atoms with E-state index in [1.807, 2.05) is 66.7 Å². The molecule has 212 valence electrons. The van der Waals surface area contributed by atoms with Gasteiger partial charge in [-0.3, -0.25) is 0 Å². The highest BCUT2D eigenvalue weighted by molar-refractivity contribution is 5.73. The topological polar surface area (TPSA) is 62.5 Å². The lowest BCUT2D eigenvalue weighted by Crippen LogP contribution is -2.42. The Morgan fingerprint density at radius 3 is 1.77 bits per heavy atom. The van der Waals surface area contributed by atoms with Crippen LogP contribution < -0.4 is 0 Å². The predicted octanol–water partition coefficient (Wildman–Crippen LogP) is 9.52. The molecule has 0 radical (unpaired) electrons. The first-order valence-corrected chi connectivity index (χ1v) is 15.5. The molecule has 0 spiro atoms. The highest BCUT2D eigenvalue weighted by Gasteiger charge is 2.45. The molecule has 0 amide bonds. The highest BCUT2D eigenvalue weighted by Crippen LogP contribution is 2.54. The van der Waals surface area contributed by atoms with Crippen LogP contribution in [0.3, 0.4) is 0 Å². The molecule has 2 unspecified atom stereocenters. The minimum absolute atomic E-state index is 0.293. The van der Waals surface area contributed by atoms with Gasteiger partial charge in [-0.15, -0.1) is 0 Å². The van der Waals surface area contributed by atoms with Gasteiger partial charge < -0.3 is 0 Å². The van der Waals surface area contributed by atoms with Crippen LogP contribution in [0.1, 0.15) is 57.1 Å². The first-order valence-electron chi connectivity index (χ1n) is 15.5. The molecule has 43 heavy (non-hydrogen) atoms. The lowest BCUT2D eigenvalue weighted by atomic mass is 9.54. The lowest BCUT2D eigenvalue weighted by molar-refractivity contribution is 0.0780. The molecule has 4 atom stereocenters. The maximum absolute atomic E-state index is 9.40. The summed E-state index contributed by atoms with van der Waals surface area (Å²) in [5.74, 6) is 4.38. The summed E-state index contributed by atoms with van der Waals surface area (Å²) in [7, 11) is 0. The van der Waals surface area contributed by atoms with Crippen molar-refractivity contribution >= 4 is 0 Å². The molecular weight excluding hydrogens is 524 g/mol. The molecule has 0 saturated heterocycles. The maximum Gasteiger partial charge on any atom is 0.164 e. The number of benzene rings is 4. The number of nitriles is 1. The Bertz CT molecular complexity index is 1780. The zero-order chi connectivity index (χ0) is 29.4. The fourth-order valence-electron chi connectivity index (χ4n) is 7.99. The Hall–Kier alpha value is -4.62. The maximum atomic E-state index is 9.40. The average Bonchev–Trinajstić information content (AvgIpc) is 3.04. The summed E-state index contributed by atoms with van der Waals surface area (Å²) in [6.45, 7) is 4.88. The van der Waals surface area contributed by atoms with Crippen LogP contribution in [0.4, 0.5) is 0 Å². The fourth-order valence-corrected chi connectivity index (χ4v) is 7.99. The molecule has 5 aromatic rings. The van der Waals surface area contributed by atoms with E-state index in [2.05, 4.69) is 56.3 Å². The number of rotatable bonds is 5. The summed E-state index contributed by atoms with van der Waals surface area (Å²) < 4.78 is 0. The van der Waals surface area contributed by atoms with Gasteiger partial charge in [0.15, 0.2) is 17.5 Å². The standard InChI is InChI=1S/C39H36N4/c1-26-18-29-19-27(2)23-39(22-26,24-29)35-16-14-31(15-17-35)37-41-36(30-9-4-3-5-10-30)42-38(43-37)34-13-7-12-33(21-34)32-11-6-8-28(20-32)25-40/h3-17,20-21,26-27,29H,18-19,22-24H2,1-2H3/t26-,27+,29?,39?. The van der Waals surface area contributed by atoms with E-state index in [-0.39, 0.29) is 0 Å². The van der Waals surface area contributed by atoms with Gasteiger partial charge in [0.1, 0.15) is 0 Å². The molecule has 4 aromatic carbocycles. The molecule has 1 aromatic heterocycles. The molecule has 0 aliphatic heterocycles. The van der Waals surface area contributed by atoms with E-state index in [9.17, 15) is 5.26 Å². The Balaban J connectivity index is 1.29. The number of fused-ring (bicyclic) bond motifs is 2. The minimum atomic E-state index is 0.293. The fraction of sp³-hybridized carbons (Fsp3) is 0.282. The van der Waals surface area contributed by atoms with Crippen molar-refractivity contribution in [1.29, 1.82) is 5.26 Å². The third-order valence-corrected chi connectivity index (χ3v) is 9.50. The van der Waals surface area contributed by atoms with Crippen molar-refractivity contribution in [3.8, 4) is 51.4 Å². The Morgan fingerprint density at radius 1 is 0.581 bits per heavy atom. The molecule has 0 N–H and O–H groups in total. The van der Waals surface area contributed by atoms with Gasteiger partial charge in [0.25, 0.3) is 0 Å². The molecule has 2 bridgehead atoms. The first kappa shape index (κ1) is 27.2. The summed E-state index contributed by atoms with van der Waals surface area (Å²) in [6.07, 6.45) is 6.66. The third-order valence-electron chi connectivity index (χ3n) is 9.50. The largest absolute Gasteiger partial charge is 0.208 e. The summed E-state index contributed by atoms with van der Waals surface area (Å²) in [4.78, 5) is 14.9. The Morgan fingerprint density at radius 2 is 1.12 bits per heavy atom. The Labute approximate surface area is 254 Å². The smallest absolute Gasteiger partial charge is 0.164 e. The minimum Gasteiger partial charge on any atom is -0.208 e. The summed E-state index contributed by atoms with van der Waals surface area (Å²) in [5, 5.41) is 9.40. The van der Waals surface area contributed by atoms with Crippen LogP contribution in [0.25, 0.3) is 45.3 Å². The van der Waals surface area contributed by atoms with Crippen LogP contribution in [0, 0.1) is 29.1 Å². The SMILES string of the molecule is C[C@@H]1CC2C[C@H](C)CC(c3ccc(-c4nc(-c5ccccc5)nc(-c5cccc(-c6cccc(C#N)c6)c5)n4)cc3)(C2)C1. The van der Waals surface area contributed by atoms with Crippen LogP contribution in [-0.2, 0) is 5.41 Å². The van der Waals surface area contributed by atoms with Crippen molar-refractivity contribution in [2.45, 2.75) is 51.4 Å². The van der Waals surface area contributed by atoms with Gasteiger partial charge in [-0.2, -0.15) is 5.26 Å². The van der Waals surface area contributed by atoms with Gasteiger partial charge in [-0.25, -0.2) is 15.0 Å². The predicted molar refractivity (Wildman–Crippen MR) is 173 cm³/mol. The molecule has 1 heterocycles. The third kappa shape index (κ3) is 5.48. The van der Waals surface area contributed by atoms with E-state index in [1.54, 1.807) is 0 Å². The quantitative estimate of drug-likeness (QED) is 0.215. The summed E-state index contributed by atoms with van der Waals surface area (Å²) in [5.41, 5.74) is 7.29. The number of aromatic nitrogens is 3. The van der Waals surface area contributed by atoms with E-state index >= 15 is 0 Å². The molecule has 2 saturated carbocycles. The lowest BCUT2D eigenvalue weighted by Gasteiger charge is -2.50. The van der Waals surface area contributed by atoms with Crippen LogP contribution >= 0.6 is 0 Å². The normalized spacial score (nSPS) is 23.0. The van der Waals surface area contributed by atoms with E-state index in [0.29, 0.717) is 28.5 Å². The zero-order valence-electron chi connectivity index (χ0n) is 24.9. The van der Waals surface area contributed by atoms with E-state index < -0.39 is 0 Å². The zero-order valence-corrected chi connectivity index (χ0v) is 24.9. The van der Waals surface area contributed by atoms with Gasteiger partial charge in [0, 0.05) is 16.7 Å². The molecule has 4 nitrogen and oxygen atoms in total. The van der Waals surface area contributed by atoms with Gasteiger partial charge in [-0.05, 0) is 90.2 Å². The molecular formula is C39H36N4. The average molecular weight is 561 g/mol. The van der Waals surface area contributed by atoms with Crippen molar-refractivity contribution in [3.05, 3.63) is 114 Å². The second-order valence-corrected chi connectivity index (χ2v) is 13.0. The molecule has 2 aliphatic carbocycles. The second-order valence-electron chi connectivity index (χ2n) is 13.0. The highest BCUT2D eigenvalue weighted by atomic mass is 15.0. The van der Waals surface area contributed by atoms with E-state index in [4.69, 9.17) is 15.0 Å². The Kier molecular flexibility index (Phi) is 7.11. The number of nitrogens with zero attached hydrogens (tertiary/aromatic N) is 4.